The highest BCUT2D eigenvalue weighted by Gasteiger charge is 2.68. The number of methoxy groups -OCH3 is 1. The summed E-state index contributed by atoms with van der Waals surface area (Å²) in [6.45, 7) is 15.3. The third-order valence-electron chi connectivity index (χ3n) is 11.0. The van der Waals surface area contributed by atoms with Gasteiger partial charge in [-0.1, -0.05) is 26.0 Å². The second-order valence-electron chi connectivity index (χ2n) is 15.7. The van der Waals surface area contributed by atoms with Gasteiger partial charge in [0.1, 0.15) is 23.0 Å². The minimum absolute atomic E-state index is 0.0585. The van der Waals surface area contributed by atoms with Crippen LogP contribution in [0.3, 0.4) is 0 Å². The van der Waals surface area contributed by atoms with Crippen LogP contribution in [0.1, 0.15) is 84.2 Å². The van der Waals surface area contributed by atoms with Crippen LogP contribution in [0.2, 0.25) is 0 Å². The Morgan fingerprint density at radius 1 is 1.10 bits per heavy atom. The Hall–Kier alpha value is -3.69. The monoisotopic (exact) mass is 698 g/mol. The molecule has 2 bridgehead atoms. The quantitative estimate of drug-likeness (QED) is 0.187. The summed E-state index contributed by atoms with van der Waals surface area (Å²) in [6.07, 6.45) is 0.312. The molecule has 0 radical (unpaired) electrons. The molecule has 0 aromatic heterocycles. The molecule has 1 aromatic rings. The Labute approximate surface area is 294 Å². The Balaban J connectivity index is 1.42. The van der Waals surface area contributed by atoms with E-state index in [1.165, 1.54) is 18.9 Å². The number of likely N-dealkylation sites (N-methyl/N-ethyl adjacent to an activating group) is 1. The second-order valence-corrected chi connectivity index (χ2v) is 15.7. The molecule has 14 nitrogen and oxygen atoms in total. The summed E-state index contributed by atoms with van der Waals surface area (Å²) in [6, 6.07) is 2.58. The van der Waals surface area contributed by atoms with Gasteiger partial charge in [-0.3, -0.25) is 19.3 Å². The van der Waals surface area contributed by atoms with Crippen molar-refractivity contribution in [2.75, 3.05) is 26.7 Å². The minimum Gasteiger partial charge on any atom is -0.496 e. The molecular weight excluding hydrogens is 647 g/mol. The second kappa shape index (κ2) is 13.8. The van der Waals surface area contributed by atoms with E-state index in [1.54, 1.807) is 45.9 Å². The molecule has 5 aliphatic rings. The lowest BCUT2D eigenvalue weighted by molar-refractivity contribution is -0.199. The third kappa shape index (κ3) is 6.96. The SMILES string of the molecule is CCN1CCN(C(=O)N[C@@H](C(=O)N[C@@H](Cc2cccc(C(=O)OC(C)(C)C)c2OC)B2O[C@@H]3C[C@@H]4C[C@@H](C4(C)C)[C@]3(C)O2)[C@@H](C)O)C(=O)C1=O. The van der Waals surface area contributed by atoms with Crippen molar-refractivity contribution < 1.29 is 47.9 Å². The number of benzene rings is 1. The predicted octanol–water partition coefficient (Wildman–Crippen LogP) is 2.10. The van der Waals surface area contributed by atoms with Crippen molar-refractivity contribution in [3.05, 3.63) is 29.3 Å². The smallest absolute Gasteiger partial charge is 0.482 e. The molecule has 15 heteroatoms. The Bertz CT molecular complexity index is 1530. The zero-order valence-corrected chi connectivity index (χ0v) is 30.5. The number of piperazine rings is 1. The standard InChI is InChI=1S/C35H51BN4O10/c1-10-39-14-15-40(30(44)29(39)43)32(46)38-26(19(2)41)28(42)37-25(36-49-24-18-21-17-23(34(21,6)7)35(24,8)50-36)16-20-12-11-13-22(27(20)47-9)31(45)48-33(3,4)5/h11-13,19,21,23-26,41H,10,14-18H2,1-9H3,(H,37,42)(H,38,46)/t19-,21+,23+,24-,25+,26-,35+/m1/s1. The van der Waals surface area contributed by atoms with Gasteiger partial charge in [-0.25, -0.2) is 9.59 Å². The Morgan fingerprint density at radius 2 is 1.80 bits per heavy atom. The third-order valence-corrected chi connectivity index (χ3v) is 11.0. The fourth-order valence-electron chi connectivity index (χ4n) is 8.06. The molecule has 0 unspecified atom stereocenters. The summed E-state index contributed by atoms with van der Waals surface area (Å²) in [7, 11) is 0.518. The molecule has 1 aromatic carbocycles. The van der Waals surface area contributed by atoms with Crippen LogP contribution in [0.25, 0.3) is 0 Å². The summed E-state index contributed by atoms with van der Waals surface area (Å²) in [5.41, 5.74) is -0.523. The number of hydrogen-bond acceptors (Lipinski definition) is 10. The van der Waals surface area contributed by atoms with E-state index < -0.39 is 66.1 Å². The summed E-state index contributed by atoms with van der Waals surface area (Å²) in [5.74, 6) is -3.05. The number of carbonyl (C=O) groups excluding carboxylic acids is 5. The van der Waals surface area contributed by atoms with Gasteiger partial charge in [0.25, 0.3) is 0 Å². The number of aliphatic hydroxyl groups excluding tert-OH is 1. The molecule has 3 saturated carbocycles. The van der Waals surface area contributed by atoms with Crippen LogP contribution in [-0.2, 0) is 34.9 Å². The van der Waals surface area contributed by atoms with Crippen LogP contribution in [0.4, 0.5) is 4.79 Å². The summed E-state index contributed by atoms with van der Waals surface area (Å²) < 4.78 is 24.6. The van der Waals surface area contributed by atoms with Crippen molar-refractivity contribution in [2.45, 2.75) is 110 Å². The average molecular weight is 699 g/mol. The summed E-state index contributed by atoms with van der Waals surface area (Å²) >= 11 is 0. The zero-order chi connectivity index (χ0) is 36.9. The van der Waals surface area contributed by atoms with E-state index in [0.29, 0.717) is 18.0 Å². The number of para-hydroxylation sites is 1. The van der Waals surface area contributed by atoms with Gasteiger partial charge in [0, 0.05) is 19.6 Å². The van der Waals surface area contributed by atoms with E-state index in [0.717, 1.165) is 17.7 Å². The highest BCUT2D eigenvalue weighted by Crippen LogP contribution is 2.65. The first-order chi connectivity index (χ1) is 23.3. The average Bonchev–Trinajstić information content (AvgIpc) is 3.40. The molecule has 2 heterocycles. The number of nitrogens with one attached hydrogen (secondary N) is 2. The molecular formula is C35H51BN4O10. The Kier molecular flexibility index (Phi) is 10.4. The molecule has 274 valence electrons. The van der Waals surface area contributed by atoms with E-state index in [9.17, 15) is 29.1 Å². The van der Waals surface area contributed by atoms with Gasteiger partial charge in [0.15, 0.2) is 0 Å². The maximum atomic E-state index is 14.0. The molecule has 5 amide bonds. The van der Waals surface area contributed by atoms with Crippen molar-refractivity contribution in [3.8, 4) is 5.75 Å². The highest BCUT2D eigenvalue weighted by atomic mass is 16.7. The lowest BCUT2D eigenvalue weighted by Gasteiger charge is -2.64. The van der Waals surface area contributed by atoms with E-state index in [1.807, 2.05) is 0 Å². The number of hydrogen-bond donors (Lipinski definition) is 3. The van der Waals surface area contributed by atoms with Gasteiger partial charge in [-0.2, -0.15) is 0 Å². The molecule has 3 aliphatic carbocycles. The summed E-state index contributed by atoms with van der Waals surface area (Å²) in [4.78, 5) is 67.6. The van der Waals surface area contributed by atoms with Crippen LogP contribution in [0.5, 0.6) is 5.75 Å². The minimum atomic E-state index is -1.50. The molecule has 7 atom stereocenters. The fraction of sp³-hybridized carbons (Fsp3) is 0.686. The van der Waals surface area contributed by atoms with Crippen molar-refractivity contribution in [1.29, 1.82) is 0 Å². The van der Waals surface area contributed by atoms with Crippen LogP contribution >= 0.6 is 0 Å². The van der Waals surface area contributed by atoms with Crippen molar-refractivity contribution in [3.63, 3.8) is 0 Å². The largest absolute Gasteiger partial charge is 0.496 e. The topological polar surface area (TPSA) is 173 Å². The van der Waals surface area contributed by atoms with Crippen LogP contribution < -0.4 is 15.4 Å². The normalized spacial score (nSPS) is 27.5. The maximum Gasteiger partial charge on any atom is 0.482 e. The molecule has 5 fully saturated rings. The van der Waals surface area contributed by atoms with Crippen molar-refractivity contribution in [1.82, 2.24) is 20.4 Å². The van der Waals surface area contributed by atoms with Gasteiger partial charge in [0.2, 0.25) is 5.91 Å². The molecule has 0 spiro atoms. The first-order valence-electron chi connectivity index (χ1n) is 17.4. The number of ether oxygens (including phenoxy) is 2. The van der Waals surface area contributed by atoms with Gasteiger partial charge in [-0.15, -0.1) is 0 Å². The van der Waals surface area contributed by atoms with Gasteiger partial charge >= 0.3 is 30.9 Å². The van der Waals surface area contributed by atoms with E-state index in [4.69, 9.17) is 18.8 Å². The number of amides is 5. The predicted molar refractivity (Wildman–Crippen MR) is 182 cm³/mol. The van der Waals surface area contributed by atoms with Crippen LogP contribution in [-0.4, -0.2) is 114 Å². The fourth-order valence-corrected chi connectivity index (χ4v) is 8.06. The maximum absolute atomic E-state index is 14.0. The highest BCUT2D eigenvalue weighted by molar-refractivity contribution is 6.48. The lowest BCUT2D eigenvalue weighted by atomic mass is 9.43. The number of urea groups is 1. The number of nitrogens with zero attached hydrogens (tertiary/aromatic N) is 2. The van der Waals surface area contributed by atoms with Crippen LogP contribution in [0.15, 0.2) is 18.2 Å². The van der Waals surface area contributed by atoms with Crippen molar-refractivity contribution in [2.24, 2.45) is 17.3 Å². The van der Waals surface area contributed by atoms with Gasteiger partial charge in [-0.05, 0) is 89.7 Å². The summed E-state index contributed by atoms with van der Waals surface area (Å²) in [5, 5.41) is 16.1. The molecule has 6 rings (SSSR count). The van der Waals surface area contributed by atoms with Crippen molar-refractivity contribution >= 4 is 36.8 Å². The van der Waals surface area contributed by atoms with E-state index >= 15 is 0 Å². The van der Waals surface area contributed by atoms with E-state index in [2.05, 4.69) is 31.4 Å². The number of rotatable bonds is 10. The molecule has 3 N–H and O–H groups in total. The van der Waals surface area contributed by atoms with Gasteiger partial charge in [0.05, 0.1) is 30.9 Å². The number of aliphatic hydroxyl groups is 1. The first-order valence-corrected chi connectivity index (χ1v) is 17.4. The molecule has 2 aliphatic heterocycles. The first kappa shape index (κ1) is 37.6. The molecule has 50 heavy (non-hydrogen) atoms. The zero-order valence-electron chi connectivity index (χ0n) is 30.5. The number of imide groups is 1. The number of esters is 1. The Morgan fingerprint density at radius 3 is 2.40 bits per heavy atom. The number of carbonyl (C=O) groups is 5. The molecule has 2 saturated heterocycles. The lowest BCUT2D eigenvalue weighted by Crippen LogP contribution is -2.65. The van der Waals surface area contributed by atoms with Crippen LogP contribution in [0, 0.1) is 17.3 Å². The van der Waals surface area contributed by atoms with E-state index in [-0.39, 0.29) is 48.3 Å². The van der Waals surface area contributed by atoms with Gasteiger partial charge < -0.3 is 39.4 Å².